The molecule has 2 aromatic rings. The van der Waals surface area contributed by atoms with Gasteiger partial charge in [-0.1, -0.05) is 29.3 Å². The molecule has 1 N–H and O–H groups in total. The van der Waals surface area contributed by atoms with Gasteiger partial charge in [0.2, 0.25) is 0 Å². The standard InChI is InChI=1S/C20H23Cl2NO3/c1-12-5-6-16(11-18(12)21)25-8-7-23-20(24)15(4)26-17-9-13(2)19(22)14(3)10-17/h5-6,9-11,15H,7-8H2,1-4H3,(H,23,24)/t15-/m0/s1. The van der Waals surface area contributed by atoms with E-state index in [-0.39, 0.29) is 5.91 Å². The minimum atomic E-state index is -0.621. The normalized spacial score (nSPS) is 11.8. The Morgan fingerprint density at radius 1 is 1.04 bits per heavy atom. The van der Waals surface area contributed by atoms with E-state index in [2.05, 4.69) is 5.32 Å². The van der Waals surface area contributed by atoms with Gasteiger partial charge in [0.25, 0.3) is 5.91 Å². The average Bonchev–Trinajstić information content (AvgIpc) is 2.59. The molecular weight excluding hydrogens is 373 g/mol. The number of rotatable bonds is 7. The fraction of sp³-hybridized carbons (Fsp3) is 0.350. The molecule has 140 valence electrons. The summed E-state index contributed by atoms with van der Waals surface area (Å²) in [6.07, 6.45) is -0.621. The lowest BCUT2D eigenvalue weighted by Crippen LogP contribution is -2.38. The molecular formula is C20H23Cl2NO3. The zero-order valence-corrected chi connectivity index (χ0v) is 16.9. The van der Waals surface area contributed by atoms with Crippen LogP contribution in [0.25, 0.3) is 0 Å². The Balaban J connectivity index is 1.79. The molecule has 0 aromatic heterocycles. The van der Waals surface area contributed by atoms with Crippen molar-refractivity contribution in [2.24, 2.45) is 0 Å². The minimum Gasteiger partial charge on any atom is -0.492 e. The predicted molar refractivity (Wildman–Crippen MR) is 106 cm³/mol. The van der Waals surface area contributed by atoms with E-state index in [0.29, 0.717) is 34.7 Å². The van der Waals surface area contributed by atoms with Gasteiger partial charge in [-0.2, -0.15) is 0 Å². The number of amides is 1. The van der Waals surface area contributed by atoms with Crippen LogP contribution in [0.1, 0.15) is 23.6 Å². The Morgan fingerprint density at radius 2 is 1.69 bits per heavy atom. The van der Waals surface area contributed by atoms with Gasteiger partial charge in [-0.25, -0.2) is 0 Å². The van der Waals surface area contributed by atoms with Crippen molar-refractivity contribution in [2.45, 2.75) is 33.8 Å². The van der Waals surface area contributed by atoms with E-state index in [9.17, 15) is 4.79 Å². The van der Waals surface area contributed by atoms with Crippen LogP contribution in [0.5, 0.6) is 11.5 Å². The number of carbonyl (C=O) groups is 1. The molecule has 2 rings (SSSR count). The molecule has 2 aromatic carbocycles. The van der Waals surface area contributed by atoms with Crippen molar-refractivity contribution >= 4 is 29.1 Å². The van der Waals surface area contributed by atoms with Gasteiger partial charge in [0.05, 0.1) is 6.54 Å². The number of benzene rings is 2. The predicted octanol–water partition coefficient (Wildman–Crippen LogP) is 4.88. The van der Waals surface area contributed by atoms with E-state index in [1.165, 1.54) is 0 Å². The lowest BCUT2D eigenvalue weighted by Gasteiger charge is -2.16. The molecule has 0 unspecified atom stereocenters. The summed E-state index contributed by atoms with van der Waals surface area (Å²) in [4.78, 5) is 12.2. The zero-order chi connectivity index (χ0) is 19.3. The molecule has 0 aliphatic heterocycles. The molecule has 0 aliphatic carbocycles. The van der Waals surface area contributed by atoms with Gasteiger partial charge in [0.1, 0.15) is 18.1 Å². The van der Waals surface area contributed by atoms with Crippen LogP contribution in [0.2, 0.25) is 10.0 Å². The highest BCUT2D eigenvalue weighted by Crippen LogP contribution is 2.26. The van der Waals surface area contributed by atoms with Gasteiger partial charge in [0, 0.05) is 10.0 Å². The third-order valence-corrected chi connectivity index (χ3v) is 4.91. The van der Waals surface area contributed by atoms with E-state index in [1.807, 2.05) is 45.0 Å². The maximum absolute atomic E-state index is 12.2. The van der Waals surface area contributed by atoms with Gasteiger partial charge in [-0.15, -0.1) is 0 Å². The summed E-state index contributed by atoms with van der Waals surface area (Å²) < 4.78 is 11.3. The van der Waals surface area contributed by atoms with Crippen molar-refractivity contribution in [3.05, 3.63) is 57.1 Å². The van der Waals surface area contributed by atoms with Crippen LogP contribution in [-0.2, 0) is 4.79 Å². The lowest BCUT2D eigenvalue weighted by molar-refractivity contribution is -0.127. The van der Waals surface area contributed by atoms with Crippen molar-refractivity contribution in [3.63, 3.8) is 0 Å². The Bertz CT molecular complexity index is 770. The van der Waals surface area contributed by atoms with E-state index in [4.69, 9.17) is 32.7 Å². The Morgan fingerprint density at radius 3 is 2.31 bits per heavy atom. The summed E-state index contributed by atoms with van der Waals surface area (Å²) in [6, 6.07) is 9.14. The first kappa shape index (κ1) is 20.4. The fourth-order valence-electron chi connectivity index (χ4n) is 2.38. The first-order chi connectivity index (χ1) is 12.3. The van der Waals surface area contributed by atoms with Crippen LogP contribution in [0.15, 0.2) is 30.3 Å². The number of hydrogen-bond acceptors (Lipinski definition) is 3. The van der Waals surface area contributed by atoms with Crippen molar-refractivity contribution < 1.29 is 14.3 Å². The van der Waals surface area contributed by atoms with Gasteiger partial charge in [-0.05, 0) is 68.7 Å². The fourth-order valence-corrected chi connectivity index (χ4v) is 2.66. The summed E-state index contributed by atoms with van der Waals surface area (Å²) in [5, 5.41) is 4.16. The quantitative estimate of drug-likeness (QED) is 0.679. The highest BCUT2D eigenvalue weighted by atomic mass is 35.5. The molecule has 1 atom stereocenters. The van der Waals surface area contributed by atoms with Crippen molar-refractivity contribution in [2.75, 3.05) is 13.2 Å². The minimum absolute atomic E-state index is 0.208. The number of ether oxygens (including phenoxy) is 2. The van der Waals surface area contributed by atoms with E-state index in [0.717, 1.165) is 16.7 Å². The summed E-state index contributed by atoms with van der Waals surface area (Å²) in [6.45, 7) is 8.16. The number of carbonyl (C=O) groups excluding carboxylic acids is 1. The van der Waals surface area contributed by atoms with Gasteiger partial charge >= 0.3 is 0 Å². The Hall–Kier alpha value is -1.91. The topological polar surface area (TPSA) is 47.6 Å². The smallest absolute Gasteiger partial charge is 0.260 e. The van der Waals surface area contributed by atoms with Crippen LogP contribution >= 0.6 is 23.2 Å². The third kappa shape index (κ3) is 5.55. The van der Waals surface area contributed by atoms with E-state index in [1.54, 1.807) is 13.0 Å². The molecule has 0 saturated carbocycles. The number of hydrogen-bond donors (Lipinski definition) is 1. The van der Waals surface area contributed by atoms with E-state index >= 15 is 0 Å². The first-order valence-electron chi connectivity index (χ1n) is 8.38. The average molecular weight is 396 g/mol. The number of halogens is 2. The van der Waals surface area contributed by atoms with Gasteiger partial charge in [0.15, 0.2) is 6.10 Å². The monoisotopic (exact) mass is 395 g/mol. The third-order valence-electron chi connectivity index (χ3n) is 3.91. The molecule has 4 nitrogen and oxygen atoms in total. The SMILES string of the molecule is Cc1ccc(OCCNC(=O)[C@H](C)Oc2cc(C)c(Cl)c(C)c2)cc1Cl. The van der Waals surface area contributed by atoms with Crippen LogP contribution in [0.3, 0.4) is 0 Å². The zero-order valence-electron chi connectivity index (χ0n) is 15.4. The molecule has 0 saturated heterocycles. The van der Waals surface area contributed by atoms with Gasteiger partial charge in [-0.3, -0.25) is 4.79 Å². The Labute approximate surface area is 164 Å². The largest absolute Gasteiger partial charge is 0.492 e. The maximum Gasteiger partial charge on any atom is 0.260 e. The molecule has 0 radical (unpaired) electrons. The molecule has 0 aliphatic rings. The molecule has 0 heterocycles. The molecule has 0 bridgehead atoms. The number of aryl methyl sites for hydroxylation is 3. The summed E-state index contributed by atoms with van der Waals surface area (Å²) in [5.41, 5.74) is 2.82. The van der Waals surface area contributed by atoms with E-state index < -0.39 is 6.10 Å². The molecule has 26 heavy (non-hydrogen) atoms. The maximum atomic E-state index is 12.2. The van der Waals surface area contributed by atoms with Gasteiger partial charge < -0.3 is 14.8 Å². The van der Waals surface area contributed by atoms with Crippen LogP contribution in [-0.4, -0.2) is 25.2 Å². The molecule has 0 fully saturated rings. The van der Waals surface area contributed by atoms with Crippen molar-refractivity contribution in [1.29, 1.82) is 0 Å². The molecule has 6 heteroatoms. The second-order valence-corrected chi connectivity index (χ2v) is 6.97. The molecule has 1 amide bonds. The second-order valence-electron chi connectivity index (χ2n) is 6.18. The molecule has 0 spiro atoms. The lowest BCUT2D eigenvalue weighted by atomic mass is 10.1. The Kier molecular flexibility index (Phi) is 7.18. The van der Waals surface area contributed by atoms with Crippen molar-refractivity contribution in [3.8, 4) is 11.5 Å². The summed E-state index contributed by atoms with van der Waals surface area (Å²) >= 11 is 12.2. The number of nitrogens with one attached hydrogen (secondary N) is 1. The van der Waals surface area contributed by atoms with Crippen molar-refractivity contribution in [1.82, 2.24) is 5.32 Å². The van der Waals surface area contributed by atoms with Crippen LogP contribution in [0, 0.1) is 20.8 Å². The highest BCUT2D eigenvalue weighted by molar-refractivity contribution is 6.32. The summed E-state index contributed by atoms with van der Waals surface area (Å²) in [5.74, 6) is 1.09. The first-order valence-corrected chi connectivity index (χ1v) is 9.13. The highest BCUT2D eigenvalue weighted by Gasteiger charge is 2.15. The summed E-state index contributed by atoms with van der Waals surface area (Å²) in [7, 11) is 0. The van der Waals surface area contributed by atoms with Crippen LogP contribution < -0.4 is 14.8 Å². The second kappa shape index (κ2) is 9.15. The van der Waals surface area contributed by atoms with Crippen LogP contribution in [0.4, 0.5) is 0 Å².